The summed E-state index contributed by atoms with van der Waals surface area (Å²) in [7, 11) is 0. The van der Waals surface area contributed by atoms with Crippen molar-refractivity contribution >= 4 is 17.5 Å². The number of hydrogen-bond donors (Lipinski definition) is 2. The predicted octanol–water partition coefficient (Wildman–Crippen LogP) is 4.19. The first-order valence-electron chi connectivity index (χ1n) is 10.8. The number of carbonyl (C=O) groups is 2. The Kier molecular flexibility index (Phi) is 11.1. The van der Waals surface area contributed by atoms with E-state index in [1.807, 2.05) is 18.2 Å². The summed E-state index contributed by atoms with van der Waals surface area (Å²) in [6, 6.07) is 7.87. The number of rotatable bonds is 12. The van der Waals surface area contributed by atoms with Gasteiger partial charge in [0.15, 0.2) is 0 Å². The van der Waals surface area contributed by atoms with Crippen LogP contribution in [0.1, 0.15) is 59.9 Å². The Hall–Kier alpha value is -1.92. The Morgan fingerprint density at radius 1 is 0.900 bits per heavy atom. The van der Waals surface area contributed by atoms with Crippen LogP contribution in [0.3, 0.4) is 0 Å². The second-order valence-electron chi connectivity index (χ2n) is 10.1. The maximum absolute atomic E-state index is 12.0. The molecule has 1 aromatic carbocycles. The Morgan fingerprint density at radius 2 is 1.53 bits per heavy atom. The van der Waals surface area contributed by atoms with Crippen molar-refractivity contribution in [2.75, 3.05) is 38.3 Å². The number of nitrogens with one attached hydrogen (secondary N) is 2. The third-order valence-electron chi connectivity index (χ3n) is 4.21. The van der Waals surface area contributed by atoms with Crippen molar-refractivity contribution < 1.29 is 19.1 Å². The summed E-state index contributed by atoms with van der Waals surface area (Å²) < 4.78 is 10.6. The predicted molar refractivity (Wildman–Crippen MR) is 122 cm³/mol. The van der Waals surface area contributed by atoms with Crippen molar-refractivity contribution in [3.8, 4) is 0 Å². The summed E-state index contributed by atoms with van der Waals surface area (Å²) in [5.74, 6) is -0.337. The SMILES string of the molecule is CC(C)(C)CCCNC(=O)COCCOCC(=O)Nc1cccc(CC(C)(C)C)c1. The average molecular weight is 421 g/mol. The topological polar surface area (TPSA) is 76.7 Å². The molecule has 0 heterocycles. The van der Waals surface area contributed by atoms with Crippen LogP contribution in [0.4, 0.5) is 5.69 Å². The van der Waals surface area contributed by atoms with Crippen LogP contribution in [-0.4, -0.2) is 44.8 Å². The Labute approximate surface area is 182 Å². The normalized spacial score (nSPS) is 11.9. The van der Waals surface area contributed by atoms with Gasteiger partial charge in [0.05, 0.1) is 13.2 Å². The molecule has 0 saturated carbocycles. The maximum atomic E-state index is 12.0. The van der Waals surface area contributed by atoms with E-state index >= 15 is 0 Å². The third-order valence-corrected chi connectivity index (χ3v) is 4.21. The van der Waals surface area contributed by atoms with Gasteiger partial charge < -0.3 is 20.1 Å². The van der Waals surface area contributed by atoms with Crippen LogP contribution >= 0.6 is 0 Å². The van der Waals surface area contributed by atoms with Crippen molar-refractivity contribution in [1.82, 2.24) is 5.32 Å². The molecular formula is C24H40N2O4. The first kappa shape index (κ1) is 26.1. The molecule has 0 aliphatic heterocycles. The van der Waals surface area contributed by atoms with Gasteiger partial charge in [-0.3, -0.25) is 9.59 Å². The van der Waals surface area contributed by atoms with Crippen molar-refractivity contribution in [1.29, 1.82) is 0 Å². The number of benzene rings is 1. The molecular weight excluding hydrogens is 380 g/mol. The molecule has 30 heavy (non-hydrogen) atoms. The Bertz CT molecular complexity index is 660. The molecule has 1 aromatic rings. The highest BCUT2D eigenvalue weighted by molar-refractivity contribution is 5.91. The molecule has 0 saturated heterocycles. The van der Waals surface area contributed by atoms with Crippen molar-refractivity contribution in [3.05, 3.63) is 29.8 Å². The second-order valence-corrected chi connectivity index (χ2v) is 10.1. The monoisotopic (exact) mass is 420 g/mol. The highest BCUT2D eigenvalue weighted by atomic mass is 16.5. The summed E-state index contributed by atoms with van der Waals surface area (Å²) >= 11 is 0. The van der Waals surface area contributed by atoms with Gasteiger partial charge in [-0.05, 0) is 47.8 Å². The smallest absolute Gasteiger partial charge is 0.250 e. The molecule has 0 radical (unpaired) electrons. The van der Waals surface area contributed by atoms with Gasteiger partial charge in [0, 0.05) is 12.2 Å². The minimum absolute atomic E-state index is 0.00560. The van der Waals surface area contributed by atoms with Gasteiger partial charge in [-0.25, -0.2) is 0 Å². The quantitative estimate of drug-likeness (QED) is 0.497. The number of carbonyl (C=O) groups excluding carboxylic acids is 2. The zero-order chi connectivity index (χ0) is 22.6. The lowest BCUT2D eigenvalue weighted by atomic mass is 9.88. The van der Waals surface area contributed by atoms with Crippen LogP contribution in [0.15, 0.2) is 24.3 Å². The van der Waals surface area contributed by atoms with Crippen LogP contribution in [0.2, 0.25) is 0 Å². The first-order chi connectivity index (χ1) is 13.9. The molecule has 0 fully saturated rings. The van der Waals surface area contributed by atoms with Gasteiger partial charge in [-0.15, -0.1) is 0 Å². The molecule has 0 atom stereocenters. The molecule has 2 N–H and O–H groups in total. The molecule has 0 bridgehead atoms. The molecule has 170 valence electrons. The third kappa shape index (κ3) is 14.1. The molecule has 0 aliphatic carbocycles. The minimum Gasteiger partial charge on any atom is -0.369 e. The lowest BCUT2D eigenvalue weighted by molar-refractivity contribution is -0.127. The Morgan fingerprint density at radius 3 is 2.13 bits per heavy atom. The van der Waals surface area contributed by atoms with E-state index in [0.29, 0.717) is 6.54 Å². The highest BCUT2D eigenvalue weighted by Gasteiger charge is 2.12. The molecule has 0 aromatic heterocycles. The van der Waals surface area contributed by atoms with Crippen LogP contribution in [0, 0.1) is 10.8 Å². The summed E-state index contributed by atoms with van der Waals surface area (Å²) in [4.78, 5) is 23.7. The van der Waals surface area contributed by atoms with Crippen LogP contribution in [0.5, 0.6) is 0 Å². The second kappa shape index (κ2) is 12.7. The van der Waals surface area contributed by atoms with E-state index in [1.165, 1.54) is 5.56 Å². The number of amides is 2. The molecule has 1 rings (SSSR count). The lowest BCUT2D eigenvalue weighted by Crippen LogP contribution is -2.29. The van der Waals surface area contributed by atoms with Gasteiger partial charge in [0.1, 0.15) is 13.2 Å². The van der Waals surface area contributed by atoms with Crippen molar-refractivity contribution in [2.24, 2.45) is 10.8 Å². The van der Waals surface area contributed by atoms with E-state index in [0.717, 1.165) is 24.9 Å². The van der Waals surface area contributed by atoms with Gasteiger partial charge in [0.25, 0.3) is 0 Å². The fraction of sp³-hybridized carbons (Fsp3) is 0.667. The maximum Gasteiger partial charge on any atom is 0.250 e. The van der Waals surface area contributed by atoms with Crippen molar-refractivity contribution in [3.63, 3.8) is 0 Å². The van der Waals surface area contributed by atoms with E-state index in [4.69, 9.17) is 9.47 Å². The minimum atomic E-state index is -0.209. The van der Waals surface area contributed by atoms with E-state index in [1.54, 1.807) is 0 Å². The Balaban J connectivity index is 2.12. The largest absolute Gasteiger partial charge is 0.369 e. The van der Waals surface area contributed by atoms with Crippen molar-refractivity contribution in [2.45, 2.75) is 60.8 Å². The highest BCUT2D eigenvalue weighted by Crippen LogP contribution is 2.22. The standard InChI is InChI=1S/C24H40N2O4/c1-23(2,3)11-8-12-25-21(27)17-29-13-14-30-18-22(28)26-20-10-7-9-19(15-20)16-24(4,5)6/h7,9-10,15H,8,11-14,16-18H2,1-6H3,(H,25,27)(H,26,28). The van der Waals surface area contributed by atoms with E-state index < -0.39 is 0 Å². The van der Waals surface area contributed by atoms with Gasteiger partial charge >= 0.3 is 0 Å². The summed E-state index contributed by atoms with van der Waals surface area (Å²) in [5, 5.41) is 5.69. The zero-order valence-electron chi connectivity index (χ0n) is 19.6. The van der Waals surface area contributed by atoms with Gasteiger partial charge in [-0.2, -0.15) is 0 Å². The summed E-state index contributed by atoms with van der Waals surface area (Å²) in [6.07, 6.45) is 2.95. The van der Waals surface area contributed by atoms with E-state index in [-0.39, 0.29) is 49.1 Å². The lowest BCUT2D eigenvalue weighted by Gasteiger charge is -2.18. The molecule has 6 nitrogen and oxygen atoms in total. The molecule has 0 aliphatic rings. The molecule has 6 heteroatoms. The van der Waals surface area contributed by atoms with Crippen LogP contribution < -0.4 is 10.6 Å². The fourth-order valence-electron chi connectivity index (χ4n) is 2.91. The van der Waals surface area contributed by atoms with Crippen LogP contribution in [0.25, 0.3) is 0 Å². The average Bonchev–Trinajstić information content (AvgIpc) is 2.59. The molecule has 2 amide bonds. The summed E-state index contributed by atoms with van der Waals surface area (Å²) in [5.41, 5.74) is 2.42. The van der Waals surface area contributed by atoms with Crippen LogP contribution in [-0.2, 0) is 25.5 Å². The fourth-order valence-corrected chi connectivity index (χ4v) is 2.91. The van der Waals surface area contributed by atoms with Gasteiger partial charge in [0.2, 0.25) is 11.8 Å². The van der Waals surface area contributed by atoms with Gasteiger partial charge in [-0.1, -0.05) is 53.7 Å². The summed E-state index contributed by atoms with van der Waals surface area (Å²) in [6.45, 7) is 14.2. The van der Waals surface area contributed by atoms with E-state index in [9.17, 15) is 9.59 Å². The molecule has 0 spiro atoms. The molecule has 0 unspecified atom stereocenters. The number of hydrogen-bond acceptors (Lipinski definition) is 4. The zero-order valence-corrected chi connectivity index (χ0v) is 19.6. The number of ether oxygens (including phenoxy) is 2. The first-order valence-corrected chi connectivity index (χ1v) is 10.8. The number of anilines is 1. The van der Waals surface area contributed by atoms with E-state index in [2.05, 4.69) is 58.2 Å².